The summed E-state index contributed by atoms with van der Waals surface area (Å²) in [5.74, 6) is 0.0494. The molecular weight excluding hydrogens is 455 g/mol. The molecule has 8 heteroatoms. The van der Waals surface area contributed by atoms with Crippen LogP contribution in [0.3, 0.4) is 0 Å². The highest BCUT2D eigenvalue weighted by Gasteiger charge is 2.27. The first-order chi connectivity index (χ1) is 14.4. The van der Waals surface area contributed by atoms with Crippen molar-refractivity contribution in [2.24, 2.45) is 0 Å². The summed E-state index contributed by atoms with van der Waals surface area (Å²) >= 11 is 12.5. The van der Waals surface area contributed by atoms with Gasteiger partial charge in [0.15, 0.2) is 0 Å². The van der Waals surface area contributed by atoms with Gasteiger partial charge in [-0.05, 0) is 75.2 Å². The first-order valence-electron chi connectivity index (χ1n) is 10.1. The summed E-state index contributed by atoms with van der Waals surface area (Å²) in [5, 5.41) is 12.3. The highest BCUT2D eigenvalue weighted by Crippen LogP contribution is 2.32. The average molecular weight is 480 g/mol. The number of nitrogens with one attached hydrogen (secondary N) is 2. The number of piperidine rings is 1. The van der Waals surface area contributed by atoms with Crippen molar-refractivity contribution in [3.8, 4) is 5.69 Å². The Morgan fingerprint density at radius 3 is 2.52 bits per heavy atom. The van der Waals surface area contributed by atoms with Crippen LogP contribution in [0.25, 0.3) is 5.69 Å². The molecule has 1 amide bonds. The maximum absolute atomic E-state index is 13.3. The molecule has 0 radical (unpaired) electrons. The Bertz CT molecular complexity index is 1090. The normalized spacial score (nSPS) is 14.2. The van der Waals surface area contributed by atoms with Crippen LogP contribution in [0.1, 0.15) is 45.9 Å². The average Bonchev–Trinajstić information content (AvgIpc) is 3.18. The van der Waals surface area contributed by atoms with E-state index in [9.17, 15) is 4.79 Å². The fourth-order valence-corrected chi connectivity index (χ4v) is 4.21. The Balaban J connectivity index is 0.00000272. The minimum absolute atomic E-state index is 0. The van der Waals surface area contributed by atoms with Crippen molar-refractivity contribution in [2.45, 2.75) is 32.6 Å². The molecule has 0 spiro atoms. The van der Waals surface area contributed by atoms with E-state index in [0.717, 1.165) is 48.4 Å². The van der Waals surface area contributed by atoms with Gasteiger partial charge in [0.25, 0.3) is 5.91 Å². The van der Waals surface area contributed by atoms with Crippen molar-refractivity contribution in [2.75, 3.05) is 18.4 Å². The summed E-state index contributed by atoms with van der Waals surface area (Å²) < 4.78 is 1.86. The molecule has 4 rings (SSSR count). The smallest absolute Gasteiger partial charge is 0.259 e. The van der Waals surface area contributed by atoms with Crippen molar-refractivity contribution in [3.05, 3.63) is 75.0 Å². The van der Waals surface area contributed by atoms with E-state index in [1.807, 2.05) is 48.9 Å². The Labute approximate surface area is 198 Å². The second-order valence-electron chi connectivity index (χ2n) is 7.73. The Kier molecular flexibility index (Phi) is 7.65. The van der Waals surface area contributed by atoms with E-state index in [0.29, 0.717) is 21.3 Å². The summed E-state index contributed by atoms with van der Waals surface area (Å²) in [6.45, 7) is 5.74. The SMILES string of the molecule is Cc1ccc(-n2ncc(C(=O)Nc3cc(Cl)ccc3C)c2C2CCNCC2)cc1Cl.Cl. The minimum atomic E-state index is -0.182. The lowest BCUT2D eigenvalue weighted by Gasteiger charge is -2.25. The molecule has 31 heavy (non-hydrogen) atoms. The lowest BCUT2D eigenvalue weighted by Crippen LogP contribution is -2.29. The molecule has 0 saturated carbocycles. The number of carbonyl (C=O) groups excluding carboxylic acids is 1. The molecule has 164 valence electrons. The van der Waals surface area contributed by atoms with Crippen LogP contribution >= 0.6 is 35.6 Å². The fourth-order valence-electron chi connectivity index (χ4n) is 3.86. The van der Waals surface area contributed by atoms with Crippen LogP contribution in [-0.2, 0) is 0 Å². The van der Waals surface area contributed by atoms with Gasteiger partial charge in [-0.3, -0.25) is 4.79 Å². The Hall–Kier alpha value is -2.05. The number of nitrogens with zero attached hydrogens (tertiary/aromatic N) is 2. The van der Waals surface area contributed by atoms with Gasteiger partial charge in [0, 0.05) is 21.7 Å². The summed E-state index contributed by atoms with van der Waals surface area (Å²) in [5.41, 5.74) is 5.03. The number of amides is 1. The van der Waals surface area contributed by atoms with E-state index >= 15 is 0 Å². The molecule has 5 nitrogen and oxygen atoms in total. The standard InChI is InChI=1S/C23H24Cl2N4O.ClH/c1-14-4-6-18(12-20(14)25)29-22(16-7-9-26-10-8-16)19(13-27-29)23(30)28-21-11-17(24)5-3-15(21)2;/h3-6,11-13,16,26H,7-10H2,1-2H3,(H,28,30);1H. The van der Waals surface area contributed by atoms with Crippen LogP contribution < -0.4 is 10.6 Å². The molecule has 1 aromatic heterocycles. The number of halogens is 3. The molecule has 0 aliphatic carbocycles. The van der Waals surface area contributed by atoms with Gasteiger partial charge < -0.3 is 10.6 Å². The summed E-state index contributed by atoms with van der Waals surface area (Å²) in [4.78, 5) is 13.3. The number of hydrogen-bond acceptors (Lipinski definition) is 3. The highest BCUT2D eigenvalue weighted by atomic mass is 35.5. The summed E-state index contributed by atoms with van der Waals surface area (Å²) in [7, 11) is 0. The third kappa shape index (κ3) is 5.07. The van der Waals surface area contributed by atoms with Crippen molar-refractivity contribution < 1.29 is 4.79 Å². The predicted molar refractivity (Wildman–Crippen MR) is 130 cm³/mol. The van der Waals surface area contributed by atoms with Gasteiger partial charge >= 0.3 is 0 Å². The fraction of sp³-hybridized carbons (Fsp3) is 0.304. The van der Waals surface area contributed by atoms with Crippen molar-refractivity contribution >= 4 is 47.2 Å². The van der Waals surface area contributed by atoms with Gasteiger partial charge in [-0.2, -0.15) is 5.10 Å². The first kappa shape index (κ1) is 23.6. The molecule has 0 atom stereocenters. The van der Waals surface area contributed by atoms with Crippen LogP contribution in [-0.4, -0.2) is 28.8 Å². The molecule has 2 N–H and O–H groups in total. The topological polar surface area (TPSA) is 59.0 Å². The predicted octanol–water partition coefficient (Wildman–Crippen LogP) is 5.94. The van der Waals surface area contributed by atoms with Crippen molar-refractivity contribution in [1.29, 1.82) is 0 Å². The molecule has 2 aromatic carbocycles. The number of anilines is 1. The molecular formula is C23H25Cl3N4O. The monoisotopic (exact) mass is 478 g/mol. The van der Waals surface area contributed by atoms with Gasteiger partial charge in [-0.15, -0.1) is 12.4 Å². The third-order valence-electron chi connectivity index (χ3n) is 5.62. The lowest BCUT2D eigenvalue weighted by molar-refractivity contribution is 0.102. The quantitative estimate of drug-likeness (QED) is 0.487. The second kappa shape index (κ2) is 10.0. The van der Waals surface area contributed by atoms with Gasteiger partial charge in [0.1, 0.15) is 0 Å². The third-order valence-corrected chi connectivity index (χ3v) is 6.27. The molecule has 1 aliphatic heterocycles. The molecule has 0 unspecified atom stereocenters. The van der Waals surface area contributed by atoms with Crippen LogP contribution in [0.5, 0.6) is 0 Å². The van der Waals surface area contributed by atoms with Crippen molar-refractivity contribution in [3.63, 3.8) is 0 Å². The number of hydrogen-bond donors (Lipinski definition) is 2. The molecule has 1 saturated heterocycles. The number of benzene rings is 2. The molecule has 2 heterocycles. The van der Waals surface area contributed by atoms with Gasteiger partial charge in [0.2, 0.25) is 0 Å². The second-order valence-corrected chi connectivity index (χ2v) is 8.57. The Morgan fingerprint density at radius 1 is 1.10 bits per heavy atom. The highest BCUT2D eigenvalue weighted by molar-refractivity contribution is 6.31. The van der Waals surface area contributed by atoms with E-state index < -0.39 is 0 Å². The van der Waals surface area contributed by atoms with E-state index in [2.05, 4.69) is 15.7 Å². The van der Waals surface area contributed by atoms with Crippen LogP contribution in [0.4, 0.5) is 5.69 Å². The van der Waals surface area contributed by atoms with Crippen LogP contribution in [0.15, 0.2) is 42.6 Å². The van der Waals surface area contributed by atoms with E-state index in [-0.39, 0.29) is 24.2 Å². The zero-order valence-electron chi connectivity index (χ0n) is 17.4. The Morgan fingerprint density at radius 2 is 1.81 bits per heavy atom. The molecule has 1 fully saturated rings. The minimum Gasteiger partial charge on any atom is -0.322 e. The van der Waals surface area contributed by atoms with Gasteiger partial charge in [-0.1, -0.05) is 35.3 Å². The van der Waals surface area contributed by atoms with E-state index in [1.165, 1.54) is 0 Å². The van der Waals surface area contributed by atoms with E-state index in [4.69, 9.17) is 23.2 Å². The number of aryl methyl sites for hydroxylation is 2. The summed E-state index contributed by atoms with van der Waals surface area (Å²) in [6.07, 6.45) is 3.55. The number of carbonyl (C=O) groups is 1. The largest absolute Gasteiger partial charge is 0.322 e. The molecule has 1 aliphatic rings. The molecule has 0 bridgehead atoms. The van der Waals surface area contributed by atoms with Gasteiger partial charge in [0.05, 0.1) is 23.1 Å². The number of rotatable bonds is 4. The van der Waals surface area contributed by atoms with Crippen LogP contribution in [0.2, 0.25) is 10.0 Å². The lowest BCUT2D eigenvalue weighted by atomic mass is 9.91. The maximum atomic E-state index is 13.3. The first-order valence-corrected chi connectivity index (χ1v) is 10.8. The summed E-state index contributed by atoms with van der Waals surface area (Å²) in [6, 6.07) is 11.3. The zero-order valence-corrected chi connectivity index (χ0v) is 19.7. The molecule has 3 aromatic rings. The number of aromatic nitrogens is 2. The van der Waals surface area contributed by atoms with Crippen molar-refractivity contribution in [1.82, 2.24) is 15.1 Å². The maximum Gasteiger partial charge on any atom is 0.259 e. The van der Waals surface area contributed by atoms with Gasteiger partial charge in [-0.25, -0.2) is 4.68 Å². The van der Waals surface area contributed by atoms with Crippen LogP contribution in [0, 0.1) is 13.8 Å². The van der Waals surface area contributed by atoms with E-state index in [1.54, 1.807) is 12.3 Å². The zero-order chi connectivity index (χ0) is 21.3.